The van der Waals surface area contributed by atoms with Crippen LogP contribution >= 0.6 is 12.6 Å². The van der Waals surface area contributed by atoms with E-state index in [0.29, 0.717) is 0 Å². The maximum atomic E-state index is 6.15. The fraction of sp³-hybridized carbons (Fsp3) is 0. The van der Waals surface area contributed by atoms with Crippen LogP contribution in [0, 0.1) is 0 Å². The van der Waals surface area contributed by atoms with Crippen LogP contribution in [0.4, 0.5) is 0 Å². The topological polar surface area (TPSA) is 31.0 Å². The molecule has 10 aromatic rings. The van der Waals surface area contributed by atoms with Crippen LogP contribution in [-0.4, -0.2) is 9.55 Å². The summed E-state index contributed by atoms with van der Waals surface area (Å²) in [6.07, 6.45) is 0. The normalized spacial score (nSPS) is 11.8. The number of pyridine rings is 1. The summed E-state index contributed by atoms with van der Waals surface area (Å²) < 4.78 is 8.47. The van der Waals surface area contributed by atoms with E-state index < -0.39 is 0 Å². The molecule has 0 bridgehead atoms. The number of fused-ring (bicyclic) bond motifs is 8. The average molecular weight is 645 g/mol. The van der Waals surface area contributed by atoms with E-state index >= 15 is 0 Å². The molecule has 0 N–H and O–H groups in total. The van der Waals surface area contributed by atoms with Gasteiger partial charge in [-0.25, -0.2) is 4.98 Å². The van der Waals surface area contributed by atoms with Crippen molar-refractivity contribution in [2.75, 3.05) is 0 Å². The Labute approximate surface area is 288 Å². The Kier molecular flexibility index (Phi) is 6.27. The molecule has 0 radical (unpaired) electrons. The van der Waals surface area contributed by atoms with Crippen molar-refractivity contribution in [3.05, 3.63) is 164 Å². The second kappa shape index (κ2) is 11.0. The first kappa shape index (κ1) is 28.0. The van der Waals surface area contributed by atoms with Crippen LogP contribution in [0.15, 0.2) is 173 Å². The second-order valence-corrected chi connectivity index (χ2v) is 13.1. The van der Waals surface area contributed by atoms with Gasteiger partial charge in [-0.05, 0) is 93.7 Å². The van der Waals surface area contributed by atoms with E-state index in [2.05, 4.69) is 157 Å². The molecule has 0 fully saturated rings. The van der Waals surface area contributed by atoms with Crippen molar-refractivity contribution in [3.8, 4) is 39.3 Å². The molecule has 3 aromatic heterocycles. The number of benzene rings is 7. The molecular weight excluding hydrogens is 617 g/mol. The summed E-state index contributed by atoms with van der Waals surface area (Å²) in [5.74, 6) is 0.871. The van der Waals surface area contributed by atoms with Gasteiger partial charge in [0.05, 0.1) is 16.7 Å². The molecule has 0 amide bonds. The summed E-state index contributed by atoms with van der Waals surface area (Å²) in [7, 11) is 0. The van der Waals surface area contributed by atoms with Crippen molar-refractivity contribution in [2.45, 2.75) is 4.90 Å². The van der Waals surface area contributed by atoms with Gasteiger partial charge in [-0.1, -0.05) is 103 Å². The zero-order valence-corrected chi connectivity index (χ0v) is 27.2. The number of para-hydroxylation sites is 1. The highest BCUT2D eigenvalue weighted by Gasteiger charge is 2.19. The van der Waals surface area contributed by atoms with Gasteiger partial charge in [-0.2, -0.15) is 0 Å². The van der Waals surface area contributed by atoms with E-state index in [-0.39, 0.29) is 0 Å². The van der Waals surface area contributed by atoms with Crippen molar-refractivity contribution in [1.82, 2.24) is 9.55 Å². The smallest absolute Gasteiger partial charge is 0.138 e. The predicted molar refractivity (Wildman–Crippen MR) is 207 cm³/mol. The van der Waals surface area contributed by atoms with Crippen molar-refractivity contribution in [1.29, 1.82) is 0 Å². The molecule has 0 saturated carbocycles. The van der Waals surface area contributed by atoms with E-state index in [4.69, 9.17) is 9.40 Å². The van der Waals surface area contributed by atoms with Crippen LogP contribution in [0.1, 0.15) is 0 Å². The molecule has 0 unspecified atom stereocenters. The standard InChI is InChI=1S/C45H28N2OS/c49-34-13-8-12-32(23-34)39-26-33(28-9-2-1-3-10-28)27-44(46-39)47-40-20-18-30(25-38(40)45-35-14-5-4-11-29(35)17-21-41(45)47)31-19-22-43-37(24-31)36-15-6-7-16-42(36)48-43/h1-27,49H. The first-order valence-electron chi connectivity index (χ1n) is 16.4. The number of thiol groups is 1. The van der Waals surface area contributed by atoms with E-state index in [1.54, 1.807) is 0 Å². The minimum Gasteiger partial charge on any atom is -0.456 e. The zero-order valence-electron chi connectivity index (χ0n) is 26.3. The lowest BCUT2D eigenvalue weighted by Crippen LogP contribution is -2.00. The molecule has 0 spiro atoms. The third kappa shape index (κ3) is 4.56. The Morgan fingerprint density at radius 1 is 0.449 bits per heavy atom. The quantitative estimate of drug-likeness (QED) is 0.193. The molecule has 0 saturated heterocycles. The fourth-order valence-corrected chi connectivity index (χ4v) is 7.59. The van der Waals surface area contributed by atoms with Gasteiger partial charge in [0.25, 0.3) is 0 Å². The molecule has 4 heteroatoms. The average Bonchev–Trinajstić information content (AvgIpc) is 3.70. The van der Waals surface area contributed by atoms with E-state index in [0.717, 1.165) is 77.2 Å². The predicted octanol–water partition coefficient (Wildman–Crippen LogP) is 12.5. The van der Waals surface area contributed by atoms with Crippen molar-refractivity contribution < 1.29 is 4.42 Å². The summed E-state index contributed by atoms with van der Waals surface area (Å²) in [5.41, 5.74) is 10.5. The lowest BCUT2D eigenvalue weighted by Gasteiger charge is -2.13. The highest BCUT2D eigenvalue weighted by atomic mass is 32.1. The number of hydrogen-bond acceptors (Lipinski definition) is 3. The molecule has 3 heterocycles. The van der Waals surface area contributed by atoms with Crippen LogP contribution < -0.4 is 0 Å². The van der Waals surface area contributed by atoms with Crippen LogP contribution in [0.2, 0.25) is 0 Å². The maximum Gasteiger partial charge on any atom is 0.138 e. The lowest BCUT2D eigenvalue weighted by molar-refractivity contribution is 0.669. The Balaban J connectivity index is 1.26. The summed E-state index contributed by atoms with van der Waals surface area (Å²) in [6.45, 7) is 0. The fourth-order valence-electron chi connectivity index (χ4n) is 7.36. The van der Waals surface area contributed by atoms with Crippen molar-refractivity contribution in [3.63, 3.8) is 0 Å². The molecule has 10 rings (SSSR count). The Bertz CT molecular complexity index is 2900. The van der Waals surface area contributed by atoms with Gasteiger partial charge in [-0.3, -0.25) is 4.57 Å². The zero-order chi connectivity index (χ0) is 32.5. The van der Waals surface area contributed by atoms with Gasteiger partial charge < -0.3 is 4.42 Å². The van der Waals surface area contributed by atoms with Gasteiger partial charge in [0, 0.05) is 32.0 Å². The van der Waals surface area contributed by atoms with Crippen LogP contribution in [-0.2, 0) is 0 Å². The monoisotopic (exact) mass is 644 g/mol. The highest BCUT2D eigenvalue weighted by molar-refractivity contribution is 7.80. The molecule has 230 valence electrons. The van der Waals surface area contributed by atoms with Crippen LogP contribution in [0.3, 0.4) is 0 Å². The lowest BCUT2D eigenvalue weighted by atomic mass is 9.99. The highest BCUT2D eigenvalue weighted by Crippen LogP contribution is 2.40. The minimum absolute atomic E-state index is 0.871. The Morgan fingerprint density at radius 3 is 2.04 bits per heavy atom. The third-order valence-corrected chi connectivity index (χ3v) is 9.93. The summed E-state index contributed by atoms with van der Waals surface area (Å²) >= 11 is 4.65. The number of furan rings is 1. The first-order valence-corrected chi connectivity index (χ1v) is 16.9. The van der Waals surface area contributed by atoms with E-state index in [1.807, 2.05) is 24.3 Å². The van der Waals surface area contributed by atoms with Crippen molar-refractivity contribution in [2.24, 2.45) is 0 Å². The largest absolute Gasteiger partial charge is 0.456 e. The molecule has 3 nitrogen and oxygen atoms in total. The number of nitrogens with zero attached hydrogens (tertiary/aromatic N) is 2. The van der Waals surface area contributed by atoms with Gasteiger partial charge in [0.1, 0.15) is 17.0 Å². The van der Waals surface area contributed by atoms with Gasteiger partial charge in [-0.15, -0.1) is 12.6 Å². The number of hydrogen-bond donors (Lipinski definition) is 1. The molecule has 0 atom stereocenters. The van der Waals surface area contributed by atoms with Gasteiger partial charge in [0.15, 0.2) is 0 Å². The molecule has 49 heavy (non-hydrogen) atoms. The summed E-state index contributed by atoms with van der Waals surface area (Å²) in [5, 5.41) is 7.10. The third-order valence-electron chi connectivity index (χ3n) is 9.65. The maximum absolute atomic E-state index is 6.15. The number of rotatable bonds is 4. The van der Waals surface area contributed by atoms with Gasteiger partial charge in [0.2, 0.25) is 0 Å². The van der Waals surface area contributed by atoms with E-state index in [1.165, 1.54) is 21.5 Å². The van der Waals surface area contributed by atoms with Gasteiger partial charge >= 0.3 is 0 Å². The van der Waals surface area contributed by atoms with E-state index in [9.17, 15) is 0 Å². The number of aromatic nitrogens is 2. The molecule has 0 aliphatic heterocycles. The van der Waals surface area contributed by atoms with Crippen LogP contribution in [0.5, 0.6) is 0 Å². The molecule has 0 aliphatic carbocycles. The molecular formula is C45H28N2OS. The first-order chi connectivity index (χ1) is 24.2. The summed E-state index contributed by atoms with van der Waals surface area (Å²) in [4.78, 5) is 6.26. The molecule has 7 aromatic carbocycles. The Morgan fingerprint density at radius 2 is 1.16 bits per heavy atom. The van der Waals surface area contributed by atoms with Crippen molar-refractivity contribution >= 4 is 67.1 Å². The van der Waals surface area contributed by atoms with Crippen LogP contribution in [0.25, 0.3) is 93.8 Å². The molecule has 0 aliphatic rings. The SMILES string of the molecule is Sc1cccc(-c2cc(-c3ccccc3)cc(-n3c4ccc(-c5ccc6oc7ccccc7c6c5)cc4c4c5ccccc5ccc43)n2)c1. The second-order valence-electron chi connectivity index (χ2n) is 12.6. The Hall–Kier alpha value is -6.10. The minimum atomic E-state index is 0.871. The summed E-state index contributed by atoms with van der Waals surface area (Å²) in [6, 6.07) is 57.8.